The predicted octanol–water partition coefficient (Wildman–Crippen LogP) is 4.46. The third kappa shape index (κ3) is 3.52. The van der Waals surface area contributed by atoms with Gasteiger partial charge in [-0.25, -0.2) is 4.79 Å². The van der Waals surface area contributed by atoms with Crippen LogP contribution in [0.3, 0.4) is 0 Å². The largest absolute Gasteiger partial charge is 0.444 e. The second-order valence-electron chi connectivity index (χ2n) is 8.76. The molecule has 0 saturated carbocycles. The molecule has 4 nitrogen and oxygen atoms in total. The zero-order valence-electron chi connectivity index (χ0n) is 16.6. The lowest BCUT2D eigenvalue weighted by Crippen LogP contribution is -2.43. The molecule has 0 aliphatic carbocycles. The van der Waals surface area contributed by atoms with Crippen LogP contribution in [0.25, 0.3) is 0 Å². The van der Waals surface area contributed by atoms with Crippen LogP contribution < -0.4 is 0 Å². The molecular formula is C22H32N2O2. The van der Waals surface area contributed by atoms with E-state index < -0.39 is 5.60 Å². The van der Waals surface area contributed by atoms with Crippen LogP contribution in [0.4, 0.5) is 4.79 Å². The Kier molecular flexibility index (Phi) is 5.16. The number of amides is 1. The molecule has 2 aliphatic heterocycles. The molecule has 1 aromatic rings. The molecule has 1 amide bonds. The van der Waals surface area contributed by atoms with Gasteiger partial charge in [-0.2, -0.15) is 0 Å². The third-order valence-corrected chi connectivity index (χ3v) is 6.02. The van der Waals surface area contributed by atoms with Crippen molar-refractivity contribution in [3.8, 4) is 0 Å². The van der Waals surface area contributed by atoms with E-state index in [0.717, 1.165) is 32.5 Å². The maximum atomic E-state index is 12.8. The highest BCUT2D eigenvalue weighted by atomic mass is 16.6. The molecule has 0 spiro atoms. The van der Waals surface area contributed by atoms with Gasteiger partial charge in [-0.05, 0) is 52.6 Å². The summed E-state index contributed by atoms with van der Waals surface area (Å²) in [6, 6.07) is 11.1. The molecular weight excluding hydrogens is 324 g/mol. The van der Waals surface area contributed by atoms with Crippen molar-refractivity contribution in [2.45, 2.75) is 64.8 Å². The molecule has 4 heteroatoms. The van der Waals surface area contributed by atoms with Crippen LogP contribution >= 0.6 is 0 Å². The molecule has 1 aromatic carbocycles. The molecule has 0 radical (unpaired) electrons. The highest BCUT2D eigenvalue weighted by Crippen LogP contribution is 2.50. The Morgan fingerprint density at radius 1 is 1.35 bits per heavy atom. The smallest absolute Gasteiger partial charge is 0.410 e. The van der Waals surface area contributed by atoms with Crippen LogP contribution in [0, 0.1) is 5.41 Å². The second kappa shape index (κ2) is 7.07. The Morgan fingerprint density at radius 3 is 2.65 bits per heavy atom. The lowest BCUT2D eigenvalue weighted by Gasteiger charge is -2.35. The highest BCUT2D eigenvalue weighted by molar-refractivity contribution is 5.69. The Balaban J connectivity index is 1.81. The standard InChI is InChI=1S/C22H32N2O2/c1-6-12-22-13-14-23(15-18-10-8-7-9-11-18)19(22)16-24(17(22)2)20(25)26-21(3,4)5/h6-11,17,19H,1,12-16H2,2-5H3/t17-,19?,22-/m1/s1. The zero-order chi connectivity index (χ0) is 18.9. The fraction of sp³-hybridized carbons (Fsp3) is 0.591. The van der Waals surface area contributed by atoms with Crippen molar-refractivity contribution in [1.82, 2.24) is 9.80 Å². The molecule has 0 aromatic heterocycles. The number of nitrogens with zero attached hydrogens (tertiary/aromatic N) is 2. The number of hydrogen-bond acceptors (Lipinski definition) is 3. The molecule has 2 heterocycles. The minimum absolute atomic E-state index is 0.0768. The van der Waals surface area contributed by atoms with E-state index in [4.69, 9.17) is 4.74 Å². The van der Waals surface area contributed by atoms with E-state index in [1.165, 1.54) is 5.56 Å². The number of ether oxygens (including phenoxy) is 1. The Hall–Kier alpha value is -1.81. The van der Waals surface area contributed by atoms with Crippen LogP contribution in [0.2, 0.25) is 0 Å². The number of rotatable bonds is 4. The zero-order valence-corrected chi connectivity index (χ0v) is 16.6. The first kappa shape index (κ1) is 19.0. The van der Waals surface area contributed by atoms with Gasteiger partial charge < -0.3 is 9.64 Å². The molecule has 2 saturated heterocycles. The van der Waals surface area contributed by atoms with Crippen LogP contribution in [0.15, 0.2) is 43.0 Å². The van der Waals surface area contributed by atoms with Crippen molar-refractivity contribution in [2.24, 2.45) is 5.41 Å². The van der Waals surface area contributed by atoms with Gasteiger partial charge in [0, 0.05) is 30.6 Å². The molecule has 3 atom stereocenters. The van der Waals surface area contributed by atoms with Gasteiger partial charge in [0.1, 0.15) is 5.60 Å². The number of allylic oxidation sites excluding steroid dienone is 1. The van der Waals surface area contributed by atoms with Crippen molar-refractivity contribution in [2.75, 3.05) is 13.1 Å². The van der Waals surface area contributed by atoms with E-state index in [2.05, 4.69) is 48.7 Å². The van der Waals surface area contributed by atoms with Crippen molar-refractivity contribution in [3.05, 3.63) is 48.6 Å². The highest BCUT2D eigenvalue weighted by Gasteiger charge is 2.58. The topological polar surface area (TPSA) is 32.8 Å². The maximum absolute atomic E-state index is 12.8. The molecule has 142 valence electrons. The number of fused-ring (bicyclic) bond motifs is 1. The van der Waals surface area contributed by atoms with Gasteiger partial charge in [0.25, 0.3) is 0 Å². The molecule has 0 N–H and O–H groups in total. The van der Waals surface area contributed by atoms with Crippen molar-refractivity contribution >= 4 is 6.09 Å². The summed E-state index contributed by atoms with van der Waals surface area (Å²) < 4.78 is 5.68. The fourth-order valence-corrected chi connectivity index (χ4v) is 4.71. The van der Waals surface area contributed by atoms with Crippen molar-refractivity contribution in [1.29, 1.82) is 0 Å². The number of benzene rings is 1. The molecule has 2 aliphatic rings. The summed E-state index contributed by atoms with van der Waals surface area (Å²) in [6.07, 6.45) is 3.86. The summed E-state index contributed by atoms with van der Waals surface area (Å²) in [5.41, 5.74) is 0.933. The summed E-state index contributed by atoms with van der Waals surface area (Å²) in [6.45, 7) is 14.7. The maximum Gasteiger partial charge on any atom is 0.410 e. The van der Waals surface area contributed by atoms with Gasteiger partial charge in [0.05, 0.1) is 0 Å². The van der Waals surface area contributed by atoms with E-state index >= 15 is 0 Å². The molecule has 2 fully saturated rings. The van der Waals surface area contributed by atoms with Gasteiger partial charge in [0.15, 0.2) is 0 Å². The lowest BCUT2D eigenvalue weighted by molar-refractivity contribution is 0.0178. The van der Waals surface area contributed by atoms with E-state index in [1.807, 2.05) is 31.7 Å². The van der Waals surface area contributed by atoms with Crippen LogP contribution in [0.5, 0.6) is 0 Å². The third-order valence-electron chi connectivity index (χ3n) is 6.02. The molecule has 26 heavy (non-hydrogen) atoms. The van der Waals surface area contributed by atoms with Gasteiger partial charge in [-0.3, -0.25) is 4.90 Å². The first-order chi connectivity index (χ1) is 12.3. The van der Waals surface area contributed by atoms with Crippen molar-refractivity contribution < 1.29 is 9.53 Å². The summed E-state index contributed by atoms with van der Waals surface area (Å²) in [7, 11) is 0. The summed E-state index contributed by atoms with van der Waals surface area (Å²) in [4.78, 5) is 17.3. The van der Waals surface area contributed by atoms with Gasteiger partial charge in [0.2, 0.25) is 0 Å². The van der Waals surface area contributed by atoms with E-state index in [0.29, 0.717) is 6.04 Å². The quantitative estimate of drug-likeness (QED) is 0.747. The summed E-state index contributed by atoms with van der Waals surface area (Å²) >= 11 is 0. The summed E-state index contributed by atoms with van der Waals surface area (Å²) in [5.74, 6) is 0. The number of likely N-dealkylation sites (tertiary alicyclic amines) is 2. The van der Waals surface area contributed by atoms with Gasteiger partial charge in [-0.1, -0.05) is 36.4 Å². The Labute approximate surface area is 157 Å². The van der Waals surface area contributed by atoms with Crippen LogP contribution in [-0.2, 0) is 11.3 Å². The average Bonchev–Trinajstić information content (AvgIpc) is 3.04. The molecule has 1 unspecified atom stereocenters. The second-order valence-corrected chi connectivity index (χ2v) is 8.76. The van der Waals surface area contributed by atoms with E-state index in [-0.39, 0.29) is 17.6 Å². The average molecular weight is 357 g/mol. The monoisotopic (exact) mass is 356 g/mol. The summed E-state index contributed by atoms with van der Waals surface area (Å²) in [5, 5.41) is 0. The van der Waals surface area contributed by atoms with Crippen molar-refractivity contribution in [3.63, 3.8) is 0 Å². The van der Waals surface area contributed by atoms with Crippen LogP contribution in [0.1, 0.15) is 46.1 Å². The predicted molar refractivity (Wildman–Crippen MR) is 105 cm³/mol. The first-order valence-corrected chi connectivity index (χ1v) is 9.65. The van der Waals surface area contributed by atoms with E-state index in [1.54, 1.807) is 0 Å². The Morgan fingerprint density at radius 2 is 2.04 bits per heavy atom. The minimum atomic E-state index is -0.468. The number of carbonyl (C=O) groups is 1. The van der Waals surface area contributed by atoms with Crippen LogP contribution in [-0.4, -0.2) is 46.7 Å². The normalized spacial score (nSPS) is 28.8. The van der Waals surface area contributed by atoms with E-state index in [9.17, 15) is 4.79 Å². The fourth-order valence-electron chi connectivity index (χ4n) is 4.71. The number of hydrogen-bond donors (Lipinski definition) is 0. The van der Waals surface area contributed by atoms with Gasteiger partial charge >= 0.3 is 6.09 Å². The number of carbonyl (C=O) groups excluding carboxylic acids is 1. The van der Waals surface area contributed by atoms with Gasteiger partial charge in [-0.15, -0.1) is 6.58 Å². The lowest BCUT2D eigenvalue weighted by atomic mass is 9.74. The first-order valence-electron chi connectivity index (χ1n) is 9.65. The molecule has 3 rings (SSSR count). The SMILES string of the molecule is C=CC[C@]12CCN(Cc3ccccc3)C1CN(C(=O)OC(C)(C)C)[C@@H]2C. The Bertz CT molecular complexity index is 652. The molecule has 0 bridgehead atoms. The minimum Gasteiger partial charge on any atom is -0.444 e.